The minimum Gasteiger partial charge on any atom is -0.372 e. The maximum absolute atomic E-state index is 13.0. The highest BCUT2D eigenvalue weighted by Crippen LogP contribution is 2.25. The molecule has 0 aliphatic carbocycles. The normalized spacial score (nSPS) is 15.2. The first kappa shape index (κ1) is 21.2. The minimum absolute atomic E-state index is 0.339. The van der Waals surface area contributed by atoms with E-state index < -0.39 is 16.1 Å². The third-order valence-corrected chi connectivity index (χ3v) is 6.37. The number of carbonyl (C=O) groups excluding carboxylic acids is 1. The third kappa shape index (κ3) is 5.09. The van der Waals surface area contributed by atoms with E-state index in [1.807, 2.05) is 44.2 Å². The summed E-state index contributed by atoms with van der Waals surface area (Å²) in [5.74, 6) is -0.339. The molecule has 0 spiro atoms. The Morgan fingerprint density at radius 3 is 2.34 bits per heavy atom. The van der Waals surface area contributed by atoms with Gasteiger partial charge in [0.25, 0.3) is 0 Å². The minimum atomic E-state index is -3.64. The van der Waals surface area contributed by atoms with Crippen LogP contribution in [0.1, 0.15) is 31.7 Å². The topological polar surface area (TPSA) is 69.7 Å². The number of sulfonamides is 1. The first-order valence-electron chi connectivity index (χ1n) is 10.0. The van der Waals surface area contributed by atoms with E-state index in [1.165, 1.54) is 17.1 Å². The number of amides is 1. The van der Waals surface area contributed by atoms with Gasteiger partial charge in [-0.25, -0.2) is 8.42 Å². The monoisotopic (exact) mass is 415 g/mol. The standard InChI is InChI=1S/C22H29N3O3S/c1-4-21(25(29(3,27)28)20-9-7-8-17(2)16-20)22(26)23-18-10-12-19(13-11-18)24-14-5-6-15-24/h7-13,16,21H,4-6,14-15H2,1-3H3,(H,23,26)/t21-/m1/s1. The molecule has 0 unspecified atom stereocenters. The van der Waals surface area contributed by atoms with Crippen LogP contribution in [0.15, 0.2) is 48.5 Å². The molecule has 0 radical (unpaired) electrons. The summed E-state index contributed by atoms with van der Waals surface area (Å²) >= 11 is 0. The van der Waals surface area contributed by atoms with Gasteiger partial charge in [-0.15, -0.1) is 0 Å². The van der Waals surface area contributed by atoms with Crippen LogP contribution in [0.3, 0.4) is 0 Å². The molecule has 156 valence electrons. The van der Waals surface area contributed by atoms with Crippen molar-refractivity contribution in [2.75, 3.05) is 33.9 Å². The second-order valence-corrected chi connectivity index (χ2v) is 9.41. The van der Waals surface area contributed by atoms with E-state index in [2.05, 4.69) is 10.2 Å². The fourth-order valence-electron chi connectivity index (χ4n) is 3.78. The fourth-order valence-corrected chi connectivity index (χ4v) is 4.99. The summed E-state index contributed by atoms with van der Waals surface area (Å²) in [5.41, 5.74) is 3.24. The first-order valence-corrected chi connectivity index (χ1v) is 11.9. The van der Waals surface area contributed by atoms with Crippen molar-refractivity contribution in [3.05, 3.63) is 54.1 Å². The summed E-state index contributed by atoms with van der Waals surface area (Å²) in [5, 5.41) is 2.88. The van der Waals surface area contributed by atoms with Crippen LogP contribution < -0.4 is 14.5 Å². The number of anilines is 3. The maximum Gasteiger partial charge on any atom is 0.248 e. The summed E-state index contributed by atoms with van der Waals surface area (Å²) in [6, 6.07) is 14.1. The van der Waals surface area contributed by atoms with Crippen LogP contribution in [0.2, 0.25) is 0 Å². The Bertz CT molecular complexity index is 952. The van der Waals surface area contributed by atoms with E-state index in [9.17, 15) is 13.2 Å². The maximum atomic E-state index is 13.0. The quantitative estimate of drug-likeness (QED) is 0.747. The van der Waals surface area contributed by atoms with Crippen molar-refractivity contribution in [1.29, 1.82) is 0 Å². The Morgan fingerprint density at radius 1 is 1.14 bits per heavy atom. The zero-order chi connectivity index (χ0) is 21.0. The van der Waals surface area contributed by atoms with Crippen molar-refractivity contribution in [2.45, 2.75) is 39.2 Å². The van der Waals surface area contributed by atoms with E-state index in [1.54, 1.807) is 18.2 Å². The lowest BCUT2D eigenvalue weighted by molar-refractivity contribution is -0.117. The highest BCUT2D eigenvalue weighted by molar-refractivity contribution is 7.92. The number of rotatable bonds is 7. The predicted octanol–water partition coefficient (Wildman–Crippen LogP) is 3.78. The van der Waals surface area contributed by atoms with Crippen LogP contribution in [-0.2, 0) is 14.8 Å². The second kappa shape index (κ2) is 8.86. The average molecular weight is 416 g/mol. The van der Waals surface area contributed by atoms with Gasteiger partial charge in [-0.3, -0.25) is 9.10 Å². The molecule has 2 aromatic carbocycles. The van der Waals surface area contributed by atoms with Crippen LogP contribution >= 0.6 is 0 Å². The van der Waals surface area contributed by atoms with Crippen LogP contribution in [0, 0.1) is 6.92 Å². The van der Waals surface area contributed by atoms with Gasteiger partial charge < -0.3 is 10.2 Å². The molecule has 1 N–H and O–H groups in total. The summed E-state index contributed by atoms with van der Waals surface area (Å²) in [6.07, 6.45) is 3.91. The van der Waals surface area contributed by atoms with Crippen LogP contribution in [0.5, 0.6) is 0 Å². The third-order valence-electron chi connectivity index (χ3n) is 5.19. The molecule has 0 bridgehead atoms. The van der Waals surface area contributed by atoms with Crippen LogP contribution in [0.4, 0.5) is 17.1 Å². The molecular formula is C22H29N3O3S. The zero-order valence-electron chi connectivity index (χ0n) is 17.3. The Hall–Kier alpha value is -2.54. The molecule has 2 aromatic rings. The molecule has 3 rings (SSSR count). The number of benzene rings is 2. The van der Waals surface area contributed by atoms with Crippen molar-refractivity contribution in [3.63, 3.8) is 0 Å². The first-order chi connectivity index (χ1) is 13.8. The predicted molar refractivity (Wildman–Crippen MR) is 119 cm³/mol. The Kier molecular flexibility index (Phi) is 6.47. The molecule has 29 heavy (non-hydrogen) atoms. The number of carbonyl (C=O) groups is 1. The van der Waals surface area contributed by atoms with E-state index in [-0.39, 0.29) is 5.91 Å². The van der Waals surface area contributed by atoms with Gasteiger partial charge >= 0.3 is 0 Å². The van der Waals surface area contributed by atoms with Gasteiger partial charge in [0.15, 0.2) is 0 Å². The number of nitrogens with zero attached hydrogens (tertiary/aromatic N) is 2. The molecule has 1 amide bonds. The van der Waals surface area contributed by atoms with E-state index >= 15 is 0 Å². The van der Waals surface area contributed by atoms with Crippen molar-refractivity contribution in [2.24, 2.45) is 0 Å². The van der Waals surface area contributed by atoms with Gasteiger partial charge in [0.2, 0.25) is 15.9 Å². The Labute approximate surface area is 173 Å². The molecule has 1 fully saturated rings. The Morgan fingerprint density at radius 2 is 1.79 bits per heavy atom. The van der Waals surface area contributed by atoms with Gasteiger partial charge in [0.1, 0.15) is 6.04 Å². The fraction of sp³-hybridized carbons (Fsp3) is 0.409. The molecule has 7 heteroatoms. The molecule has 1 atom stereocenters. The van der Waals surface area contributed by atoms with Crippen molar-refractivity contribution < 1.29 is 13.2 Å². The molecule has 1 aliphatic heterocycles. The molecule has 0 saturated carbocycles. The lowest BCUT2D eigenvalue weighted by Gasteiger charge is -2.30. The lowest BCUT2D eigenvalue weighted by atomic mass is 10.1. The molecule has 1 saturated heterocycles. The molecule has 1 aliphatic rings. The van der Waals surface area contributed by atoms with Crippen molar-refractivity contribution in [3.8, 4) is 0 Å². The second-order valence-electron chi connectivity index (χ2n) is 7.55. The van der Waals surface area contributed by atoms with Crippen molar-refractivity contribution in [1.82, 2.24) is 0 Å². The van der Waals surface area contributed by atoms with Crippen LogP contribution in [0.25, 0.3) is 0 Å². The van der Waals surface area contributed by atoms with Gasteiger partial charge in [-0.2, -0.15) is 0 Å². The van der Waals surface area contributed by atoms with E-state index in [0.29, 0.717) is 17.8 Å². The Balaban J connectivity index is 1.80. The van der Waals surface area contributed by atoms with Gasteiger partial charge in [-0.1, -0.05) is 19.1 Å². The smallest absolute Gasteiger partial charge is 0.248 e. The largest absolute Gasteiger partial charge is 0.372 e. The molecule has 1 heterocycles. The summed E-state index contributed by atoms with van der Waals surface area (Å²) < 4.78 is 26.3. The van der Waals surface area contributed by atoms with Gasteiger partial charge in [0, 0.05) is 24.5 Å². The van der Waals surface area contributed by atoms with E-state index in [4.69, 9.17) is 0 Å². The zero-order valence-corrected chi connectivity index (χ0v) is 18.1. The number of hydrogen-bond donors (Lipinski definition) is 1. The molecule has 0 aromatic heterocycles. The van der Waals surface area contributed by atoms with E-state index in [0.717, 1.165) is 30.6 Å². The SMILES string of the molecule is CC[C@H](C(=O)Nc1ccc(N2CCCC2)cc1)N(c1cccc(C)c1)S(C)(=O)=O. The van der Waals surface area contributed by atoms with Gasteiger partial charge in [-0.05, 0) is 68.1 Å². The summed E-state index contributed by atoms with van der Waals surface area (Å²) in [7, 11) is -3.64. The number of nitrogens with one attached hydrogen (secondary N) is 1. The summed E-state index contributed by atoms with van der Waals surface area (Å²) in [4.78, 5) is 15.3. The average Bonchev–Trinajstić information content (AvgIpc) is 3.20. The van der Waals surface area contributed by atoms with Gasteiger partial charge in [0.05, 0.1) is 11.9 Å². The lowest BCUT2D eigenvalue weighted by Crippen LogP contribution is -2.47. The van der Waals surface area contributed by atoms with Crippen LogP contribution in [-0.4, -0.2) is 39.7 Å². The molecule has 6 nitrogen and oxygen atoms in total. The highest BCUT2D eigenvalue weighted by Gasteiger charge is 2.31. The molecular weight excluding hydrogens is 386 g/mol. The summed E-state index contributed by atoms with van der Waals surface area (Å²) in [6.45, 7) is 5.83. The number of hydrogen-bond acceptors (Lipinski definition) is 4. The number of aryl methyl sites for hydroxylation is 1. The van der Waals surface area contributed by atoms with Crippen molar-refractivity contribution >= 4 is 33.0 Å². The highest BCUT2D eigenvalue weighted by atomic mass is 32.2.